The van der Waals surface area contributed by atoms with Gasteiger partial charge in [-0.1, -0.05) is 11.6 Å². The zero-order valence-electron chi connectivity index (χ0n) is 17.0. The molecule has 30 heavy (non-hydrogen) atoms. The molecule has 8 nitrogen and oxygen atoms in total. The third-order valence-electron chi connectivity index (χ3n) is 4.93. The second-order valence-electron chi connectivity index (χ2n) is 6.66. The highest BCUT2D eigenvalue weighted by Crippen LogP contribution is 2.31. The molecule has 0 bridgehead atoms. The number of morpholine rings is 1. The molecule has 0 radical (unpaired) electrons. The molecule has 1 aliphatic rings. The minimum atomic E-state index is -3.70. The molecule has 1 fully saturated rings. The maximum atomic E-state index is 13.1. The first-order valence-corrected chi connectivity index (χ1v) is 11.6. The van der Waals surface area contributed by atoms with Gasteiger partial charge in [-0.25, -0.2) is 13.4 Å². The van der Waals surface area contributed by atoms with Gasteiger partial charge in [-0.15, -0.1) is 0 Å². The Morgan fingerprint density at radius 2 is 1.93 bits per heavy atom. The number of anilines is 2. The van der Waals surface area contributed by atoms with E-state index in [1.165, 1.54) is 16.6 Å². The molecule has 0 saturated carbocycles. The number of sulfonamides is 1. The highest BCUT2D eigenvalue weighted by molar-refractivity contribution is 7.89. The summed E-state index contributed by atoms with van der Waals surface area (Å²) in [7, 11) is -3.70. The van der Waals surface area contributed by atoms with Crippen molar-refractivity contribution in [3.8, 4) is 0 Å². The third kappa shape index (κ3) is 4.75. The van der Waals surface area contributed by atoms with Crippen LogP contribution in [0.2, 0.25) is 5.15 Å². The standard InChI is InChI=1S/C20H25ClN4O4S/c1-3-24(4-2)18-8-7-15(30(27,28)25-10-12-29-13-11-25)14-17(18)23-20(26)16-6-5-9-22-19(16)21/h5-9,14H,3-4,10-13H2,1-2H3,(H,23,26). The summed E-state index contributed by atoms with van der Waals surface area (Å²) in [6.45, 7) is 6.70. The molecule has 2 heterocycles. The first-order valence-electron chi connectivity index (χ1n) is 9.77. The fourth-order valence-electron chi connectivity index (χ4n) is 3.30. The van der Waals surface area contributed by atoms with Crippen LogP contribution in [0.4, 0.5) is 11.4 Å². The number of nitrogens with one attached hydrogen (secondary N) is 1. The smallest absolute Gasteiger partial charge is 0.258 e. The monoisotopic (exact) mass is 452 g/mol. The van der Waals surface area contributed by atoms with Gasteiger partial charge in [0.15, 0.2) is 0 Å². The summed E-state index contributed by atoms with van der Waals surface area (Å²) in [6, 6.07) is 7.98. The number of aromatic nitrogens is 1. The molecule has 0 spiro atoms. The molecular weight excluding hydrogens is 428 g/mol. The fourth-order valence-corrected chi connectivity index (χ4v) is 4.94. The van der Waals surface area contributed by atoms with E-state index in [0.717, 1.165) is 5.69 Å². The molecule has 1 aromatic carbocycles. The number of nitrogens with zero attached hydrogens (tertiary/aromatic N) is 3. The van der Waals surface area contributed by atoms with Crippen molar-refractivity contribution in [3.63, 3.8) is 0 Å². The number of hydrogen-bond donors (Lipinski definition) is 1. The van der Waals surface area contributed by atoms with Crippen LogP contribution < -0.4 is 10.2 Å². The molecule has 0 aliphatic carbocycles. The van der Waals surface area contributed by atoms with E-state index in [1.807, 2.05) is 18.7 Å². The van der Waals surface area contributed by atoms with Crippen molar-refractivity contribution < 1.29 is 17.9 Å². The Bertz CT molecular complexity index is 1010. The van der Waals surface area contributed by atoms with Crippen molar-refractivity contribution in [1.29, 1.82) is 0 Å². The van der Waals surface area contributed by atoms with E-state index in [1.54, 1.807) is 24.3 Å². The molecule has 1 aromatic heterocycles. The van der Waals surface area contributed by atoms with Crippen LogP contribution in [0.5, 0.6) is 0 Å². The molecule has 0 unspecified atom stereocenters. The summed E-state index contributed by atoms with van der Waals surface area (Å²) in [5.41, 5.74) is 1.35. The highest BCUT2D eigenvalue weighted by Gasteiger charge is 2.27. The zero-order valence-corrected chi connectivity index (χ0v) is 18.5. The molecular formula is C20H25ClN4O4S. The van der Waals surface area contributed by atoms with Gasteiger partial charge in [0, 0.05) is 32.4 Å². The molecule has 3 rings (SSSR count). The van der Waals surface area contributed by atoms with E-state index in [-0.39, 0.29) is 15.6 Å². The van der Waals surface area contributed by atoms with Crippen LogP contribution in [0.3, 0.4) is 0 Å². The van der Waals surface area contributed by atoms with E-state index < -0.39 is 15.9 Å². The first kappa shape index (κ1) is 22.5. The number of pyridine rings is 1. The van der Waals surface area contributed by atoms with Crippen molar-refractivity contribution in [1.82, 2.24) is 9.29 Å². The Hall–Kier alpha value is -2.20. The van der Waals surface area contributed by atoms with Gasteiger partial charge in [-0.2, -0.15) is 4.31 Å². The van der Waals surface area contributed by atoms with Crippen LogP contribution >= 0.6 is 11.6 Å². The number of carbonyl (C=O) groups is 1. The molecule has 10 heteroatoms. The lowest BCUT2D eigenvalue weighted by atomic mass is 10.2. The molecule has 2 aromatic rings. The minimum absolute atomic E-state index is 0.0801. The van der Waals surface area contributed by atoms with Crippen molar-refractivity contribution >= 4 is 38.9 Å². The predicted molar refractivity (Wildman–Crippen MR) is 117 cm³/mol. The predicted octanol–water partition coefficient (Wildman–Crippen LogP) is 2.85. The van der Waals surface area contributed by atoms with Crippen molar-refractivity contribution in [3.05, 3.63) is 47.2 Å². The number of hydrogen-bond acceptors (Lipinski definition) is 6. The van der Waals surface area contributed by atoms with Gasteiger partial charge in [-0.3, -0.25) is 4.79 Å². The lowest BCUT2D eigenvalue weighted by Gasteiger charge is -2.28. The Morgan fingerprint density at radius 3 is 2.57 bits per heavy atom. The molecule has 1 N–H and O–H groups in total. The largest absolute Gasteiger partial charge is 0.379 e. The van der Waals surface area contributed by atoms with Crippen LogP contribution in [0.25, 0.3) is 0 Å². The summed E-state index contributed by atoms with van der Waals surface area (Å²) < 4.78 is 32.8. The number of benzene rings is 1. The van der Waals surface area contributed by atoms with Crippen molar-refractivity contribution in [2.75, 3.05) is 49.6 Å². The lowest BCUT2D eigenvalue weighted by molar-refractivity contribution is 0.0730. The van der Waals surface area contributed by atoms with Gasteiger partial charge in [0.05, 0.1) is 35.0 Å². The Balaban J connectivity index is 2.00. The van der Waals surface area contributed by atoms with Gasteiger partial charge in [0.25, 0.3) is 5.91 Å². The fraction of sp³-hybridized carbons (Fsp3) is 0.400. The summed E-state index contributed by atoms with van der Waals surface area (Å²) in [5, 5.41) is 2.90. The summed E-state index contributed by atoms with van der Waals surface area (Å²) in [6.07, 6.45) is 1.50. The quantitative estimate of drug-likeness (QED) is 0.649. The Morgan fingerprint density at radius 1 is 1.23 bits per heavy atom. The van der Waals surface area contributed by atoms with E-state index in [0.29, 0.717) is 45.1 Å². The second-order valence-corrected chi connectivity index (χ2v) is 8.96. The summed E-state index contributed by atoms with van der Waals surface area (Å²) >= 11 is 6.05. The normalized spacial score (nSPS) is 15.0. The van der Waals surface area contributed by atoms with Gasteiger partial charge >= 0.3 is 0 Å². The van der Waals surface area contributed by atoms with Crippen LogP contribution in [0.1, 0.15) is 24.2 Å². The lowest BCUT2D eigenvalue weighted by Crippen LogP contribution is -2.40. The number of halogens is 1. The van der Waals surface area contributed by atoms with Gasteiger partial charge in [0.1, 0.15) is 5.15 Å². The number of rotatable bonds is 7. The Labute approximate surface area is 181 Å². The van der Waals surface area contributed by atoms with E-state index in [9.17, 15) is 13.2 Å². The van der Waals surface area contributed by atoms with E-state index >= 15 is 0 Å². The molecule has 1 amide bonds. The average Bonchev–Trinajstić information content (AvgIpc) is 2.76. The van der Waals surface area contributed by atoms with Crippen LogP contribution in [0, 0.1) is 0 Å². The Kier molecular flexibility index (Phi) is 7.30. The summed E-state index contributed by atoms with van der Waals surface area (Å²) in [5.74, 6) is -0.456. The van der Waals surface area contributed by atoms with Crippen LogP contribution in [-0.2, 0) is 14.8 Å². The summed E-state index contributed by atoms with van der Waals surface area (Å²) in [4.78, 5) is 18.9. The molecule has 1 saturated heterocycles. The number of ether oxygens (including phenoxy) is 1. The number of amides is 1. The van der Waals surface area contributed by atoms with E-state index in [2.05, 4.69) is 10.3 Å². The maximum Gasteiger partial charge on any atom is 0.258 e. The molecule has 1 aliphatic heterocycles. The van der Waals surface area contributed by atoms with Crippen LogP contribution in [0.15, 0.2) is 41.4 Å². The second kappa shape index (κ2) is 9.74. The zero-order chi connectivity index (χ0) is 21.7. The van der Waals surface area contributed by atoms with E-state index in [4.69, 9.17) is 16.3 Å². The molecule has 162 valence electrons. The van der Waals surface area contributed by atoms with Crippen molar-refractivity contribution in [2.45, 2.75) is 18.7 Å². The molecule has 0 atom stereocenters. The maximum absolute atomic E-state index is 13.1. The van der Waals surface area contributed by atoms with Crippen LogP contribution in [-0.4, -0.2) is 63.0 Å². The van der Waals surface area contributed by atoms with Crippen molar-refractivity contribution in [2.24, 2.45) is 0 Å². The highest BCUT2D eigenvalue weighted by atomic mass is 35.5. The SMILES string of the molecule is CCN(CC)c1ccc(S(=O)(=O)N2CCOCC2)cc1NC(=O)c1cccnc1Cl. The number of carbonyl (C=O) groups excluding carboxylic acids is 1. The van der Waals surface area contributed by atoms with Gasteiger partial charge in [0.2, 0.25) is 10.0 Å². The third-order valence-corrected chi connectivity index (χ3v) is 7.13. The van der Waals surface area contributed by atoms with Gasteiger partial charge in [-0.05, 0) is 44.2 Å². The first-order chi connectivity index (χ1) is 14.4. The van der Waals surface area contributed by atoms with Gasteiger partial charge < -0.3 is 15.0 Å². The average molecular weight is 453 g/mol. The topological polar surface area (TPSA) is 91.8 Å². The minimum Gasteiger partial charge on any atom is -0.379 e.